The zero-order chi connectivity index (χ0) is 13.5. The van der Waals surface area contributed by atoms with Crippen LogP contribution in [0.3, 0.4) is 0 Å². The predicted octanol–water partition coefficient (Wildman–Crippen LogP) is 5.34. The van der Waals surface area contributed by atoms with E-state index in [1.54, 1.807) is 18.2 Å². The fraction of sp³-hybridized carbons (Fsp3) is 0.0667. The summed E-state index contributed by atoms with van der Waals surface area (Å²) in [7, 11) is 0. The molecule has 0 fully saturated rings. The summed E-state index contributed by atoms with van der Waals surface area (Å²) in [5.41, 5.74) is 0.606. The van der Waals surface area contributed by atoms with Gasteiger partial charge >= 0.3 is 6.18 Å². The molecule has 0 atom stereocenters. The van der Waals surface area contributed by atoms with E-state index in [1.807, 2.05) is 24.3 Å². The van der Waals surface area contributed by atoms with E-state index in [-0.39, 0.29) is 5.56 Å². The second-order valence-corrected chi connectivity index (χ2v) is 5.27. The Morgan fingerprint density at radius 1 is 0.789 bits per heavy atom. The highest BCUT2D eigenvalue weighted by atomic mass is 32.2. The van der Waals surface area contributed by atoms with Crippen LogP contribution in [0.25, 0.3) is 12.2 Å². The molecule has 2 aromatic rings. The molecular weight excluding hydrogens is 269 g/mol. The third-order valence-corrected chi connectivity index (χ3v) is 4.11. The van der Waals surface area contributed by atoms with Gasteiger partial charge in [0.1, 0.15) is 0 Å². The molecule has 96 valence electrons. The standard InChI is InChI=1S/C15H9F3S/c16-15(17,18)12-5-3-7-14-11(12)9-8-10-4-1-2-6-13(10)19-14/h1-9H. The average Bonchev–Trinajstić information content (AvgIpc) is 2.55. The van der Waals surface area contributed by atoms with Crippen LogP contribution in [0.15, 0.2) is 52.3 Å². The van der Waals surface area contributed by atoms with Gasteiger partial charge in [-0.25, -0.2) is 0 Å². The lowest BCUT2D eigenvalue weighted by Gasteiger charge is -2.13. The lowest BCUT2D eigenvalue weighted by Crippen LogP contribution is -2.07. The van der Waals surface area contributed by atoms with E-state index in [1.165, 1.54) is 17.8 Å². The van der Waals surface area contributed by atoms with Crippen LogP contribution in [0, 0.1) is 0 Å². The fourth-order valence-electron chi connectivity index (χ4n) is 2.05. The van der Waals surface area contributed by atoms with Gasteiger partial charge in [-0.15, -0.1) is 0 Å². The zero-order valence-electron chi connectivity index (χ0n) is 9.74. The van der Waals surface area contributed by atoms with Gasteiger partial charge in [-0.3, -0.25) is 0 Å². The molecule has 1 heterocycles. The van der Waals surface area contributed by atoms with E-state index in [4.69, 9.17) is 0 Å². The van der Waals surface area contributed by atoms with Crippen molar-refractivity contribution < 1.29 is 13.2 Å². The maximum absolute atomic E-state index is 13.0. The number of halogens is 3. The van der Waals surface area contributed by atoms with Crippen LogP contribution in [0.4, 0.5) is 13.2 Å². The fourth-order valence-corrected chi connectivity index (χ4v) is 3.13. The van der Waals surface area contributed by atoms with Gasteiger partial charge in [0, 0.05) is 15.4 Å². The smallest absolute Gasteiger partial charge is 0.166 e. The van der Waals surface area contributed by atoms with Crippen molar-refractivity contribution in [1.29, 1.82) is 0 Å². The molecule has 0 N–H and O–H groups in total. The SMILES string of the molecule is FC(F)(F)c1cccc2c1C=Cc1ccccc1S2. The topological polar surface area (TPSA) is 0 Å². The quantitative estimate of drug-likeness (QED) is 0.535. The van der Waals surface area contributed by atoms with Gasteiger partial charge in [-0.2, -0.15) is 13.2 Å². The van der Waals surface area contributed by atoms with Gasteiger partial charge in [0.2, 0.25) is 0 Å². The van der Waals surface area contributed by atoms with Crippen LogP contribution in [-0.4, -0.2) is 0 Å². The van der Waals surface area contributed by atoms with Crippen molar-refractivity contribution in [3.8, 4) is 0 Å². The molecule has 0 bridgehead atoms. The van der Waals surface area contributed by atoms with Gasteiger partial charge < -0.3 is 0 Å². The molecule has 0 saturated heterocycles. The first-order valence-electron chi connectivity index (χ1n) is 5.71. The second kappa shape index (κ2) is 4.46. The number of alkyl halides is 3. The van der Waals surface area contributed by atoms with Crippen LogP contribution in [-0.2, 0) is 6.18 Å². The highest BCUT2D eigenvalue weighted by Crippen LogP contribution is 2.42. The van der Waals surface area contributed by atoms with Gasteiger partial charge in [-0.05, 0) is 23.8 Å². The van der Waals surface area contributed by atoms with E-state index in [9.17, 15) is 13.2 Å². The minimum Gasteiger partial charge on any atom is -0.166 e. The maximum atomic E-state index is 13.0. The third kappa shape index (κ3) is 2.28. The van der Waals surface area contributed by atoms with Crippen LogP contribution in [0.2, 0.25) is 0 Å². The van der Waals surface area contributed by atoms with Crippen LogP contribution >= 0.6 is 11.8 Å². The van der Waals surface area contributed by atoms with Gasteiger partial charge in [0.15, 0.2) is 0 Å². The molecule has 0 spiro atoms. The number of hydrogen-bond acceptors (Lipinski definition) is 1. The predicted molar refractivity (Wildman–Crippen MR) is 70.9 cm³/mol. The van der Waals surface area contributed by atoms with E-state index in [0.717, 1.165) is 16.5 Å². The second-order valence-electron chi connectivity index (χ2n) is 4.19. The Hall–Kier alpha value is -1.68. The number of rotatable bonds is 0. The molecule has 0 nitrogen and oxygen atoms in total. The lowest BCUT2D eigenvalue weighted by molar-refractivity contribution is -0.137. The summed E-state index contributed by atoms with van der Waals surface area (Å²) in [6, 6.07) is 11.9. The van der Waals surface area contributed by atoms with E-state index in [2.05, 4.69) is 0 Å². The Kier molecular flexibility index (Phi) is 2.90. The summed E-state index contributed by atoms with van der Waals surface area (Å²) in [5, 5.41) is 0. The summed E-state index contributed by atoms with van der Waals surface area (Å²) in [6.07, 6.45) is -1.03. The molecule has 4 heteroatoms. The molecule has 2 aromatic carbocycles. The van der Waals surface area contributed by atoms with Crippen LogP contribution < -0.4 is 0 Å². The molecule has 3 rings (SSSR count). The Bertz CT molecular complexity index is 657. The summed E-state index contributed by atoms with van der Waals surface area (Å²) in [4.78, 5) is 1.60. The molecule has 1 aliphatic rings. The first kappa shape index (κ1) is 12.4. The van der Waals surface area contributed by atoms with Gasteiger partial charge in [0.25, 0.3) is 0 Å². The zero-order valence-corrected chi connectivity index (χ0v) is 10.6. The van der Waals surface area contributed by atoms with E-state index < -0.39 is 11.7 Å². The summed E-state index contributed by atoms with van der Waals surface area (Å²) >= 11 is 1.37. The summed E-state index contributed by atoms with van der Waals surface area (Å²) in [5.74, 6) is 0. The summed E-state index contributed by atoms with van der Waals surface area (Å²) < 4.78 is 39.0. The van der Waals surface area contributed by atoms with Crippen molar-refractivity contribution in [3.05, 3.63) is 59.2 Å². The third-order valence-electron chi connectivity index (χ3n) is 2.94. The van der Waals surface area contributed by atoms with Crippen LogP contribution in [0.1, 0.15) is 16.7 Å². The van der Waals surface area contributed by atoms with E-state index in [0.29, 0.717) is 4.90 Å². The molecule has 0 aliphatic carbocycles. The number of fused-ring (bicyclic) bond motifs is 2. The largest absolute Gasteiger partial charge is 0.417 e. The molecule has 0 saturated carbocycles. The maximum Gasteiger partial charge on any atom is 0.417 e. The molecule has 19 heavy (non-hydrogen) atoms. The molecule has 0 amide bonds. The van der Waals surface area contributed by atoms with Crippen molar-refractivity contribution in [1.82, 2.24) is 0 Å². The van der Waals surface area contributed by atoms with Crippen molar-refractivity contribution in [3.63, 3.8) is 0 Å². The normalized spacial score (nSPS) is 13.6. The van der Waals surface area contributed by atoms with Crippen molar-refractivity contribution in [2.45, 2.75) is 16.0 Å². The molecule has 0 radical (unpaired) electrons. The lowest BCUT2D eigenvalue weighted by atomic mass is 10.1. The number of benzene rings is 2. The Morgan fingerprint density at radius 2 is 1.53 bits per heavy atom. The minimum absolute atomic E-state index is 0.246. The minimum atomic E-state index is -4.33. The van der Waals surface area contributed by atoms with Crippen molar-refractivity contribution in [2.24, 2.45) is 0 Å². The Balaban J connectivity index is 2.19. The molecular formula is C15H9F3S. The van der Waals surface area contributed by atoms with Crippen LogP contribution in [0.5, 0.6) is 0 Å². The van der Waals surface area contributed by atoms with Crippen molar-refractivity contribution >= 4 is 23.9 Å². The van der Waals surface area contributed by atoms with Gasteiger partial charge in [0.05, 0.1) is 5.56 Å². The summed E-state index contributed by atoms with van der Waals surface area (Å²) in [6.45, 7) is 0. The Morgan fingerprint density at radius 3 is 2.32 bits per heavy atom. The Labute approximate surface area is 113 Å². The monoisotopic (exact) mass is 278 g/mol. The molecule has 0 aromatic heterocycles. The highest BCUT2D eigenvalue weighted by molar-refractivity contribution is 7.99. The highest BCUT2D eigenvalue weighted by Gasteiger charge is 2.33. The van der Waals surface area contributed by atoms with Crippen molar-refractivity contribution in [2.75, 3.05) is 0 Å². The molecule has 0 unspecified atom stereocenters. The number of hydrogen-bond donors (Lipinski definition) is 0. The van der Waals surface area contributed by atoms with Gasteiger partial charge in [-0.1, -0.05) is 48.2 Å². The average molecular weight is 278 g/mol. The first-order valence-corrected chi connectivity index (χ1v) is 6.52. The molecule has 1 aliphatic heterocycles. The first-order chi connectivity index (χ1) is 9.05. The van der Waals surface area contributed by atoms with E-state index >= 15 is 0 Å².